The van der Waals surface area contributed by atoms with Crippen LogP contribution >= 0.6 is 0 Å². The summed E-state index contributed by atoms with van der Waals surface area (Å²) in [4.78, 5) is 0. The van der Waals surface area contributed by atoms with Crippen LogP contribution < -0.4 is 0 Å². The van der Waals surface area contributed by atoms with Gasteiger partial charge >= 0.3 is 5.51 Å². The lowest BCUT2D eigenvalue weighted by Crippen LogP contribution is -2.26. The fourth-order valence-corrected chi connectivity index (χ4v) is 1.82. The summed E-state index contributed by atoms with van der Waals surface area (Å²) in [6.45, 7) is 0. The monoisotopic (exact) mass is 240 g/mol. The molecule has 0 saturated heterocycles. The molecule has 0 spiro atoms. The topological polar surface area (TPSA) is 71.4 Å². The van der Waals surface area contributed by atoms with Gasteiger partial charge in [-0.05, 0) is 6.42 Å². The van der Waals surface area contributed by atoms with Crippen molar-refractivity contribution in [1.29, 1.82) is 0 Å². The summed E-state index contributed by atoms with van der Waals surface area (Å²) in [7, 11) is -5.14. The molecule has 4 nitrogen and oxygen atoms in total. The van der Waals surface area contributed by atoms with Gasteiger partial charge in [0.25, 0.3) is 0 Å². The number of hydrogen-bond acceptors (Lipinski definition) is 3. The summed E-state index contributed by atoms with van der Waals surface area (Å²) in [5.41, 5.74) is -5.27. The lowest BCUT2D eigenvalue weighted by atomic mass is 10.6. The van der Waals surface area contributed by atoms with E-state index >= 15 is 0 Å². The van der Waals surface area contributed by atoms with Crippen LogP contribution in [-0.2, 0) is 20.9 Å². The molecule has 1 unspecified atom stereocenters. The lowest BCUT2D eigenvalue weighted by molar-refractivity contribution is -0.0435. The van der Waals surface area contributed by atoms with E-state index < -0.39 is 44.4 Å². The smallest absolute Gasteiger partial charge is 0.306 e. The Kier molecular flexibility index (Phi) is 4.33. The van der Waals surface area contributed by atoms with Crippen LogP contribution in [0.15, 0.2) is 0 Å². The minimum absolute atomic E-state index is 0.477. The van der Waals surface area contributed by atoms with Gasteiger partial charge in [-0.3, -0.25) is 0 Å². The van der Waals surface area contributed by atoms with Crippen molar-refractivity contribution in [2.45, 2.75) is 11.9 Å². The Morgan fingerprint density at radius 3 is 2.08 bits per heavy atom. The molecule has 1 N–H and O–H groups in total. The summed E-state index contributed by atoms with van der Waals surface area (Å²) in [6, 6.07) is 0. The predicted molar refractivity (Wildman–Crippen MR) is 40.1 cm³/mol. The Hall–Kier alpha value is -0.150. The zero-order chi connectivity index (χ0) is 10.7. The van der Waals surface area contributed by atoms with E-state index in [9.17, 15) is 25.8 Å². The molecule has 0 aromatic carbocycles. The van der Waals surface area contributed by atoms with E-state index in [1.54, 1.807) is 0 Å². The summed E-state index contributed by atoms with van der Waals surface area (Å²) < 4.78 is 73.7. The second kappa shape index (κ2) is 4.38. The minimum Gasteiger partial charge on any atom is -0.306 e. The van der Waals surface area contributed by atoms with Crippen molar-refractivity contribution in [1.82, 2.24) is 0 Å². The van der Waals surface area contributed by atoms with Gasteiger partial charge in [0.2, 0.25) is 9.84 Å². The Labute approximate surface area is 75.3 Å². The first kappa shape index (κ1) is 12.8. The molecule has 1 atom stereocenters. The van der Waals surface area contributed by atoms with Gasteiger partial charge in [0.05, 0.1) is 11.5 Å². The van der Waals surface area contributed by atoms with Crippen molar-refractivity contribution in [3.05, 3.63) is 0 Å². The van der Waals surface area contributed by atoms with E-state index in [0.717, 1.165) is 0 Å². The largest absolute Gasteiger partial charge is 0.497 e. The maximum atomic E-state index is 11.6. The molecule has 0 aliphatic heterocycles. The molecular formula is C4H7F3O4S2. The van der Waals surface area contributed by atoms with Gasteiger partial charge < -0.3 is 4.55 Å². The molecule has 0 radical (unpaired) electrons. The van der Waals surface area contributed by atoms with Crippen molar-refractivity contribution in [2.24, 2.45) is 0 Å². The third-order valence-electron chi connectivity index (χ3n) is 1.08. The Morgan fingerprint density at radius 2 is 1.77 bits per heavy atom. The molecule has 0 aromatic heterocycles. The first-order valence-corrected chi connectivity index (χ1v) is 5.96. The number of hydrogen-bond donors (Lipinski definition) is 1. The lowest BCUT2D eigenvalue weighted by Gasteiger charge is -2.06. The summed E-state index contributed by atoms with van der Waals surface area (Å²) in [6.07, 6.45) is -0.481. The third-order valence-corrected chi connectivity index (χ3v) is 3.25. The van der Waals surface area contributed by atoms with Crippen LogP contribution in [0.5, 0.6) is 0 Å². The van der Waals surface area contributed by atoms with Gasteiger partial charge in [0, 0.05) is 0 Å². The van der Waals surface area contributed by atoms with Crippen molar-refractivity contribution in [2.75, 3.05) is 11.5 Å². The van der Waals surface area contributed by atoms with Crippen LogP contribution in [0.25, 0.3) is 0 Å². The van der Waals surface area contributed by atoms with E-state index in [0.29, 0.717) is 0 Å². The Bertz CT molecular complexity index is 280. The summed E-state index contributed by atoms with van der Waals surface area (Å²) >= 11 is -2.26. The molecule has 0 aliphatic carbocycles. The predicted octanol–water partition coefficient (Wildman–Crippen LogP) is 0.533. The van der Waals surface area contributed by atoms with Crippen molar-refractivity contribution in [3.8, 4) is 0 Å². The van der Waals surface area contributed by atoms with Gasteiger partial charge in [0.1, 0.15) is 0 Å². The maximum absolute atomic E-state index is 11.6. The van der Waals surface area contributed by atoms with Gasteiger partial charge in [-0.25, -0.2) is 12.6 Å². The molecule has 0 saturated carbocycles. The normalized spacial score (nSPS) is 15.7. The second-order valence-electron chi connectivity index (χ2n) is 2.14. The van der Waals surface area contributed by atoms with Gasteiger partial charge in [-0.1, -0.05) is 0 Å². The SMILES string of the molecule is O=S(O)CCCS(=O)(=O)C(F)(F)F. The average Bonchev–Trinajstić information content (AvgIpc) is 1.82. The zero-order valence-corrected chi connectivity index (χ0v) is 7.88. The second-order valence-corrected chi connectivity index (χ2v) is 5.30. The van der Waals surface area contributed by atoms with Crippen LogP contribution in [0.4, 0.5) is 13.2 Å². The molecule has 0 aliphatic rings. The number of halogens is 3. The first-order chi connectivity index (χ1) is 5.67. The minimum atomic E-state index is -5.27. The number of alkyl halides is 3. The molecule has 0 heterocycles. The van der Waals surface area contributed by atoms with Crippen molar-refractivity contribution in [3.63, 3.8) is 0 Å². The van der Waals surface area contributed by atoms with Crippen LogP contribution in [0, 0.1) is 0 Å². The fraction of sp³-hybridized carbons (Fsp3) is 1.00. The van der Waals surface area contributed by atoms with E-state index in [4.69, 9.17) is 4.55 Å². The molecular weight excluding hydrogens is 233 g/mol. The highest BCUT2D eigenvalue weighted by molar-refractivity contribution is 7.92. The van der Waals surface area contributed by atoms with E-state index in [2.05, 4.69) is 0 Å². The van der Waals surface area contributed by atoms with Crippen molar-refractivity contribution >= 4 is 20.9 Å². The molecule has 9 heteroatoms. The fourth-order valence-electron chi connectivity index (χ4n) is 0.488. The van der Waals surface area contributed by atoms with Crippen LogP contribution in [0.1, 0.15) is 6.42 Å². The molecule has 0 bridgehead atoms. The van der Waals surface area contributed by atoms with Gasteiger partial charge in [-0.15, -0.1) is 0 Å². The quantitative estimate of drug-likeness (QED) is 0.728. The Morgan fingerprint density at radius 1 is 1.31 bits per heavy atom. The zero-order valence-electron chi connectivity index (χ0n) is 6.24. The highest BCUT2D eigenvalue weighted by Crippen LogP contribution is 2.24. The molecule has 0 aromatic rings. The molecule has 0 rings (SSSR count). The molecule has 13 heavy (non-hydrogen) atoms. The van der Waals surface area contributed by atoms with Gasteiger partial charge in [0.15, 0.2) is 11.1 Å². The third kappa shape index (κ3) is 4.58. The summed E-state index contributed by atoms with van der Waals surface area (Å²) in [5.74, 6) is -1.63. The van der Waals surface area contributed by atoms with Crippen molar-refractivity contribution < 1.29 is 30.4 Å². The van der Waals surface area contributed by atoms with Crippen LogP contribution in [0.3, 0.4) is 0 Å². The maximum Gasteiger partial charge on any atom is 0.497 e. The molecule has 0 amide bonds. The van der Waals surface area contributed by atoms with E-state index in [1.807, 2.05) is 0 Å². The standard InChI is InChI=1S/C4H7F3O4S2/c5-4(6,7)13(10,11)3-1-2-12(8)9/h1-3H2,(H,8,9). The molecule has 80 valence electrons. The van der Waals surface area contributed by atoms with Crippen LogP contribution in [0.2, 0.25) is 0 Å². The number of sulfone groups is 1. The highest BCUT2D eigenvalue weighted by atomic mass is 32.2. The van der Waals surface area contributed by atoms with E-state index in [1.165, 1.54) is 0 Å². The highest BCUT2D eigenvalue weighted by Gasteiger charge is 2.44. The first-order valence-electron chi connectivity index (χ1n) is 3.03. The van der Waals surface area contributed by atoms with E-state index in [-0.39, 0.29) is 0 Å². The van der Waals surface area contributed by atoms with Crippen LogP contribution in [-0.4, -0.2) is 34.2 Å². The Balaban J connectivity index is 4.15. The summed E-state index contributed by atoms with van der Waals surface area (Å²) in [5, 5.41) is 0. The van der Waals surface area contributed by atoms with Gasteiger partial charge in [-0.2, -0.15) is 13.2 Å². The number of rotatable bonds is 4. The molecule has 0 fully saturated rings. The average molecular weight is 240 g/mol.